The van der Waals surface area contributed by atoms with E-state index in [0.717, 1.165) is 31.4 Å². The Kier molecular flexibility index (Phi) is 4.37. The molecule has 18 heavy (non-hydrogen) atoms. The van der Waals surface area contributed by atoms with E-state index in [1.807, 2.05) is 0 Å². The number of benzene rings is 1. The number of aryl methyl sites for hydroxylation is 2. The topological polar surface area (TPSA) is 29.9 Å². The molecule has 1 heterocycles. The predicted molar refractivity (Wildman–Crippen MR) is 76.9 cm³/mol. The van der Waals surface area contributed by atoms with Gasteiger partial charge in [0.2, 0.25) is 0 Å². The minimum atomic E-state index is 0.565. The van der Waals surface area contributed by atoms with Crippen molar-refractivity contribution in [3.8, 4) is 0 Å². The first-order valence-electron chi connectivity index (χ1n) is 6.90. The van der Waals surface area contributed by atoms with Gasteiger partial charge in [-0.1, -0.05) is 26.0 Å². The summed E-state index contributed by atoms with van der Waals surface area (Å²) in [6, 6.07) is 8.95. The summed E-state index contributed by atoms with van der Waals surface area (Å²) in [5, 5.41) is 3.45. The standard InChI is InChI=1S/C15H23N3/c1-4-18-14-9-6-5-8-13(14)17-15(18)10-7-11-16-12(2)3/h5-6,8-9,12,16H,4,7,10-11H2,1-3H3. The number of hydrogen-bond acceptors (Lipinski definition) is 2. The van der Waals surface area contributed by atoms with Crippen LogP contribution in [0.15, 0.2) is 24.3 Å². The average molecular weight is 245 g/mol. The molecule has 1 N–H and O–H groups in total. The van der Waals surface area contributed by atoms with E-state index in [2.05, 4.69) is 54.9 Å². The van der Waals surface area contributed by atoms with E-state index < -0.39 is 0 Å². The third kappa shape index (κ3) is 2.91. The fourth-order valence-electron chi connectivity index (χ4n) is 2.31. The summed E-state index contributed by atoms with van der Waals surface area (Å²) in [6.45, 7) is 8.60. The maximum atomic E-state index is 4.74. The fraction of sp³-hybridized carbons (Fsp3) is 0.533. The molecule has 1 aromatic carbocycles. The minimum Gasteiger partial charge on any atom is -0.328 e. The summed E-state index contributed by atoms with van der Waals surface area (Å²) in [6.07, 6.45) is 2.18. The highest BCUT2D eigenvalue weighted by atomic mass is 15.1. The average Bonchev–Trinajstić information content (AvgIpc) is 2.71. The summed E-state index contributed by atoms with van der Waals surface area (Å²) in [7, 11) is 0. The first kappa shape index (κ1) is 13.1. The normalized spacial score (nSPS) is 11.6. The van der Waals surface area contributed by atoms with E-state index in [1.165, 1.54) is 11.3 Å². The van der Waals surface area contributed by atoms with Crippen LogP contribution in [0.5, 0.6) is 0 Å². The second-order valence-corrected chi connectivity index (χ2v) is 4.97. The third-order valence-corrected chi connectivity index (χ3v) is 3.18. The monoisotopic (exact) mass is 245 g/mol. The molecule has 0 saturated carbocycles. The number of imidazole rings is 1. The van der Waals surface area contributed by atoms with Gasteiger partial charge in [0.1, 0.15) is 5.82 Å². The van der Waals surface area contributed by atoms with Gasteiger partial charge in [-0.25, -0.2) is 4.98 Å². The molecule has 3 heteroatoms. The van der Waals surface area contributed by atoms with E-state index in [4.69, 9.17) is 4.98 Å². The van der Waals surface area contributed by atoms with Crippen molar-refractivity contribution in [1.29, 1.82) is 0 Å². The summed E-state index contributed by atoms with van der Waals surface area (Å²) in [5.74, 6) is 1.21. The molecule has 0 saturated heterocycles. The largest absolute Gasteiger partial charge is 0.328 e. The van der Waals surface area contributed by atoms with Crippen LogP contribution in [0.4, 0.5) is 0 Å². The molecule has 98 valence electrons. The lowest BCUT2D eigenvalue weighted by Crippen LogP contribution is -2.24. The van der Waals surface area contributed by atoms with Gasteiger partial charge in [0.25, 0.3) is 0 Å². The van der Waals surface area contributed by atoms with Crippen LogP contribution < -0.4 is 5.32 Å². The van der Waals surface area contributed by atoms with Crippen LogP contribution in [0.1, 0.15) is 33.0 Å². The van der Waals surface area contributed by atoms with Gasteiger partial charge < -0.3 is 9.88 Å². The summed E-state index contributed by atoms with van der Waals surface area (Å²) in [4.78, 5) is 4.74. The minimum absolute atomic E-state index is 0.565. The van der Waals surface area contributed by atoms with Crippen molar-refractivity contribution in [3.05, 3.63) is 30.1 Å². The van der Waals surface area contributed by atoms with Gasteiger partial charge >= 0.3 is 0 Å². The Morgan fingerprint density at radius 2 is 2.06 bits per heavy atom. The van der Waals surface area contributed by atoms with Crippen molar-refractivity contribution >= 4 is 11.0 Å². The zero-order valence-corrected chi connectivity index (χ0v) is 11.6. The smallest absolute Gasteiger partial charge is 0.109 e. The van der Waals surface area contributed by atoms with Crippen LogP contribution >= 0.6 is 0 Å². The molecule has 0 aliphatic carbocycles. The molecule has 0 spiro atoms. The molecule has 0 aliphatic rings. The molecule has 0 amide bonds. The second-order valence-electron chi connectivity index (χ2n) is 4.97. The Labute approximate surface area is 109 Å². The van der Waals surface area contributed by atoms with E-state index in [-0.39, 0.29) is 0 Å². The molecule has 0 bridgehead atoms. The molecule has 1 aromatic heterocycles. The van der Waals surface area contributed by atoms with Gasteiger partial charge in [0.05, 0.1) is 11.0 Å². The van der Waals surface area contributed by atoms with Crippen molar-refractivity contribution in [2.75, 3.05) is 6.54 Å². The van der Waals surface area contributed by atoms with E-state index in [0.29, 0.717) is 6.04 Å². The molecule has 2 rings (SSSR count). The number of rotatable bonds is 6. The van der Waals surface area contributed by atoms with Gasteiger partial charge in [-0.15, -0.1) is 0 Å². The Morgan fingerprint density at radius 1 is 1.28 bits per heavy atom. The van der Waals surface area contributed by atoms with Crippen molar-refractivity contribution in [3.63, 3.8) is 0 Å². The van der Waals surface area contributed by atoms with Crippen LogP contribution in [-0.2, 0) is 13.0 Å². The number of fused-ring (bicyclic) bond motifs is 1. The Morgan fingerprint density at radius 3 is 2.78 bits per heavy atom. The van der Waals surface area contributed by atoms with Gasteiger partial charge in [-0.3, -0.25) is 0 Å². The number of hydrogen-bond donors (Lipinski definition) is 1. The lowest BCUT2D eigenvalue weighted by atomic mass is 10.2. The second kappa shape index (κ2) is 6.01. The third-order valence-electron chi connectivity index (χ3n) is 3.18. The van der Waals surface area contributed by atoms with Gasteiger partial charge in [0, 0.05) is 19.0 Å². The van der Waals surface area contributed by atoms with E-state index in [1.54, 1.807) is 0 Å². The Bertz CT molecular complexity index is 499. The molecule has 2 aromatic rings. The fourth-order valence-corrected chi connectivity index (χ4v) is 2.31. The zero-order valence-electron chi connectivity index (χ0n) is 11.6. The first-order valence-corrected chi connectivity index (χ1v) is 6.90. The predicted octanol–water partition coefficient (Wildman–Crippen LogP) is 2.99. The number of nitrogens with zero attached hydrogens (tertiary/aromatic N) is 2. The highest BCUT2D eigenvalue weighted by Gasteiger charge is 2.08. The molecule has 0 radical (unpaired) electrons. The number of para-hydroxylation sites is 2. The van der Waals surface area contributed by atoms with Crippen LogP contribution in [0.2, 0.25) is 0 Å². The van der Waals surface area contributed by atoms with Crippen LogP contribution in [0, 0.1) is 0 Å². The highest BCUT2D eigenvalue weighted by molar-refractivity contribution is 5.75. The van der Waals surface area contributed by atoms with Gasteiger partial charge in [-0.2, -0.15) is 0 Å². The van der Waals surface area contributed by atoms with Gasteiger partial charge in [0.15, 0.2) is 0 Å². The van der Waals surface area contributed by atoms with Crippen LogP contribution in [-0.4, -0.2) is 22.1 Å². The van der Waals surface area contributed by atoms with Crippen LogP contribution in [0.3, 0.4) is 0 Å². The van der Waals surface area contributed by atoms with Gasteiger partial charge in [-0.05, 0) is 32.0 Å². The lowest BCUT2D eigenvalue weighted by Gasteiger charge is -2.08. The van der Waals surface area contributed by atoms with Crippen molar-refractivity contribution in [2.24, 2.45) is 0 Å². The maximum Gasteiger partial charge on any atom is 0.109 e. The van der Waals surface area contributed by atoms with Crippen molar-refractivity contribution in [2.45, 2.75) is 46.2 Å². The quantitative estimate of drug-likeness (QED) is 0.793. The molecular weight excluding hydrogens is 222 g/mol. The maximum absolute atomic E-state index is 4.74. The first-order chi connectivity index (χ1) is 8.72. The molecule has 3 nitrogen and oxygen atoms in total. The molecule has 0 atom stereocenters. The highest BCUT2D eigenvalue weighted by Crippen LogP contribution is 2.16. The van der Waals surface area contributed by atoms with Crippen LogP contribution in [0.25, 0.3) is 11.0 Å². The van der Waals surface area contributed by atoms with Crippen molar-refractivity contribution in [1.82, 2.24) is 14.9 Å². The van der Waals surface area contributed by atoms with E-state index >= 15 is 0 Å². The van der Waals surface area contributed by atoms with Crippen molar-refractivity contribution < 1.29 is 0 Å². The summed E-state index contributed by atoms with van der Waals surface area (Å²) < 4.78 is 2.32. The Hall–Kier alpha value is -1.35. The molecule has 0 fully saturated rings. The summed E-state index contributed by atoms with van der Waals surface area (Å²) >= 11 is 0. The number of aromatic nitrogens is 2. The summed E-state index contributed by atoms with van der Waals surface area (Å²) in [5.41, 5.74) is 2.37. The SMILES string of the molecule is CCn1c(CCCNC(C)C)nc2ccccc21. The van der Waals surface area contributed by atoms with E-state index in [9.17, 15) is 0 Å². The lowest BCUT2D eigenvalue weighted by molar-refractivity contribution is 0.560. The molecule has 0 aliphatic heterocycles. The zero-order chi connectivity index (χ0) is 13.0. The molecular formula is C15H23N3. The number of nitrogens with one attached hydrogen (secondary N) is 1. The molecule has 0 unspecified atom stereocenters. The Balaban J connectivity index is 2.08.